The van der Waals surface area contributed by atoms with Crippen molar-refractivity contribution < 1.29 is 0 Å². The molecule has 0 unspecified atom stereocenters. The molecule has 0 aromatic carbocycles. The van der Waals surface area contributed by atoms with Crippen molar-refractivity contribution in [1.82, 2.24) is 5.32 Å². The summed E-state index contributed by atoms with van der Waals surface area (Å²) in [5.41, 5.74) is 0.650. The molecule has 0 heterocycles. The number of hydrogen-bond donors (Lipinski definition) is 1. The van der Waals surface area contributed by atoms with Crippen molar-refractivity contribution in [2.45, 2.75) is 72.1 Å². The lowest BCUT2D eigenvalue weighted by Crippen LogP contribution is -2.36. The van der Waals surface area contributed by atoms with E-state index < -0.39 is 0 Å². The second-order valence-electron chi connectivity index (χ2n) is 6.17. The van der Waals surface area contributed by atoms with Crippen LogP contribution in [-0.4, -0.2) is 13.1 Å². The lowest BCUT2D eigenvalue weighted by Gasteiger charge is -2.38. The molecule has 16 heavy (non-hydrogen) atoms. The van der Waals surface area contributed by atoms with E-state index in [-0.39, 0.29) is 0 Å². The fraction of sp³-hybridized carbons (Fsp3) is 1.00. The van der Waals surface area contributed by atoms with Crippen LogP contribution in [0, 0.1) is 11.3 Å². The van der Waals surface area contributed by atoms with Gasteiger partial charge in [-0.15, -0.1) is 0 Å². The van der Waals surface area contributed by atoms with Crippen LogP contribution in [0.4, 0.5) is 0 Å². The molecule has 1 heteroatoms. The highest BCUT2D eigenvalue weighted by Crippen LogP contribution is 2.40. The summed E-state index contributed by atoms with van der Waals surface area (Å²) in [4.78, 5) is 0. The van der Waals surface area contributed by atoms with E-state index in [4.69, 9.17) is 0 Å². The first-order valence-corrected chi connectivity index (χ1v) is 7.39. The average molecular weight is 225 g/mol. The first-order valence-electron chi connectivity index (χ1n) is 7.39. The molecule has 0 saturated heterocycles. The minimum absolute atomic E-state index is 0.650. The Kier molecular flexibility index (Phi) is 6.41. The monoisotopic (exact) mass is 225 g/mol. The Hall–Kier alpha value is -0.0400. The lowest BCUT2D eigenvalue weighted by atomic mass is 9.70. The quantitative estimate of drug-likeness (QED) is 0.634. The van der Waals surface area contributed by atoms with Crippen LogP contribution in [0.5, 0.6) is 0 Å². The normalized spacial score (nSPS) is 20.2. The Morgan fingerprint density at radius 1 is 1.12 bits per heavy atom. The van der Waals surface area contributed by atoms with Gasteiger partial charge in [-0.05, 0) is 43.6 Å². The van der Waals surface area contributed by atoms with E-state index >= 15 is 0 Å². The standard InChI is InChI=1S/C15H31N/c1-4-12-16-13-15(11-8-14(2)3)9-6-5-7-10-15/h14,16H,4-13H2,1-3H3. The molecule has 0 amide bonds. The van der Waals surface area contributed by atoms with Crippen LogP contribution < -0.4 is 5.32 Å². The summed E-state index contributed by atoms with van der Waals surface area (Å²) in [5, 5.41) is 3.67. The van der Waals surface area contributed by atoms with Crippen LogP contribution in [0.1, 0.15) is 72.1 Å². The fourth-order valence-electron chi connectivity index (χ4n) is 2.94. The van der Waals surface area contributed by atoms with Crippen molar-refractivity contribution in [1.29, 1.82) is 0 Å². The van der Waals surface area contributed by atoms with Gasteiger partial charge in [0.2, 0.25) is 0 Å². The average Bonchev–Trinajstić information content (AvgIpc) is 2.28. The van der Waals surface area contributed by atoms with Crippen LogP contribution in [0.2, 0.25) is 0 Å². The van der Waals surface area contributed by atoms with E-state index in [1.807, 2.05) is 0 Å². The van der Waals surface area contributed by atoms with E-state index in [0.29, 0.717) is 5.41 Å². The maximum absolute atomic E-state index is 3.67. The van der Waals surface area contributed by atoms with E-state index in [1.165, 1.54) is 64.5 Å². The molecule has 0 aromatic rings. The summed E-state index contributed by atoms with van der Waals surface area (Å²) in [6.07, 6.45) is 11.5. The molecule has 0 aromatic heterocycles. The maximum atomic E-state index is 3.67. The van der Waals surface area contributed by atoms with Gasteiger partial charge in [0.25, 0.3) is 0 Å². The van der Waals surface area contributed by atoms with Gasteiger partial charge in [0, 0.05) is 6.54 Å². The largest absolute Gasteiger partial charge is 0.316 e. The maximum Gasteiger partial charge on any atom is 0.000780 e. The smallest absolute Gasteiger partial charge is 0.000780 e. The summed E-state index contributed by atoms with van der Waals surface area (Å²) < 4.78 is 0. The molecule has 1 saturated carbocycles. The van der Waals surface area contributed by atoms with Gasteiger partial charge in [0.15, 0.2) is 0 Å². The number of nitrogens with one attached hydrogen (secondary N) is 1. The van der Waals surface area contributed by atoms with Crippen LogP contribution in [-0.2, 0) is 0 Å². The van der Waals surface area contributed by atoms with Crippen molar-refractivity contribution >= 4 is 0 Å². The second-order valence-corrected chi connectivity index (χ2v) is 6.17. The van der Waals surface area contributed by atoms with Crippen molar-refractivity contribution in [2.75, 3.05) is 13.1 Å². The van der Waals surface area contributed by atoms with Gasteiger partial charge in [-0.3, -0.25) is 0 Å². The third kappa shape index (κ3) is 4.86. The Balaban J connectivity index is 2.39. The van der Waals surface area contributed by atoms with Crippen LogP contribution in [0.25, 0.3) is 0 Å². The molecule has 96 valence electrons. The molecule has 0 bridgehead atoms. The summed E-state index contributed by atoms with van der Waals surface area (Å²) >= 11 is 0. The van der Waals surface area contributed by atoms with E-state index in [0.717, 1.165) is 5.92 Å². The van der Waals surface area contributed by atoms with Gasteiger partial charge in [-0.25, -0.2) is 0 Å². The molecule has 1 aliphatic rings. The summed E-state index contributed by atoms with van der Waals surface area (Å²) in [5.74, 6) is 0.866. The van der Waals surface area contributed by atoms with Gasteiger partial charge in [0.1, 0.15) is 0 Å². The molecule has 0 aliphatic heterocycles. The number of hydrogen-bond acceptors (Lipinski definition) is 1. The van der Waals surface area contributed by atoms with E-state index in [9.17, 15) is 0 Å². The first kappa shape index (κ1) is 14.0. The van der Waals surface area contributed by atoms with Gasteiger partial charge in [-0.1, -0.05) is 46.5 Å². The van der Waals surface area contributed by atoms with E-state index in [1.54, 1.807) is 0 Å². The lowest BCUT2D eigenvalue weighted by molar-refractivity contribution is 0.156. The predicted octanol–water partition coefficient (Wildman–Crippen LogP) is 4.37. The summed E-state index contributed by atoms with van der Waals surface area (Å²) in [6.45, 7) is 9.44. The number of rotatable bonds is 7. The molecular weight excluding hydrogens is 194 g/mol. The topological polar surface area (TPSA) is 12.0 Å². The minimum Gasteiger partial charge on any atom is -0.316 e. The molecule has 1 nitrogen and oxygen atoms in total. The highest BCUT2D eigenvalue weighted by molar-refractivity contribution is 4.85. The molecule has 0 spiro atoms. The highest BCUT2D eigenvalue weighted by atomic mass is 14.9. The molecule has 0 atom stereocenters. The fourth-order valence-corrected chi connectivity index (χ4v) is 2.94. The van der Waals surface area contributed by atoms with Crippen molar-refractivity contribution in [3.63, 3.8) is 0 Å². The SMILES string of the molecule is CCCNCC1(CCC(C)C)CCCCC1. The van der Waals surface area contributed by atoms with Crippen molar-refractivity contribution in [3.05, 3.63) is 0 Å². The molecule has 0 radical (unpaired) electrons. The van der Waals surface area contributed by atoms with Crippen LogP contribution in [0.15, 0.2) is 0 Å². The highest BCUT2D eigenvalue weighted by Gasteiger charge is 2.31. The zero-order chi connectivity index (χ0) is 11.9. The van der Waals surface area contributed by atoms with Crippen LogP contribution >= 0.6 is 0 Å². The Labute approximate surface area is 102 Å². The molecule has 1 rings (SSSR count). The Morgan fingerprint density at radius 3 is 2.38 bits per heavy atom. The van der Waals surface area contributed by atoms with Crippen molar-refractivity contribution in [2.24, 2.45) is 11.3 Å². The Morgan fingerprint density at radius 2 is 1.81 bits per heavy atom. The van der Waals surface area contributed by atoms with Gasteiger partial charge in [-0.2, -0.15) is 0 Å². The van der Waals surface area contributed by atoms with Gasteiger partial charge in [0.05, 0.1) is 0 Å². The zero-order valence-corrected chi connectivity index (χ0v) is 11.6. The minimum atomic E-state index is 0.650. The molecular formula is C15H31N. The summed E-state index contributed by atoms with van der Waals surface area (Å²) in [6, 6.07) is 0. The van der Waals surface area contributed by atoms with E-state index in [2.05, 4.69) is 26.1 Å². The third-order valence-corrected chi connectivity index (χ3v) is 4.09. The molecule has 1 aliphatic carbocycles. The molecule has 1 fully saturated rings. The van der Waals surface area contributed by atoms with Gasteiger partial charge < -0.3 is 5.32 Å². The summed E-state index contributed by atoms with van der Waals surface area (Å²) in [7, 11) is 0. The second kappa shape index (κ2) is 7.32. The molecule has 1 N–H and O–H groups in total. The van der Waals surface area contributed by atoms with Crippen molar-refractivity contribution in [3.8, 4) is 0 Å². The predicted molar refractivity (Wildman–Crippen MR) is 72.8 cm³/mol. The Bertz CT molecular complexity index is 168. The first-order chi connectivity index (χ1) is 7.68. The zero-order valence-electron chi connectivity index (χ0n) is 11.6. The van der Waals surface area contributed by atoms with Crippen LogP contribution in [0.3, 0.4) is 0 Å². The van der Waals surface area contributed by atoms with Gasteiger partial charge >= 0.3 is 0 Å². The third-order valence-electron chi connectivity index (χ3n) is 4.09.